The van der Waals surface area contributed by atoms with Gasteiger partial charge in [-0.3, -0.25) is 4.68 Å². The second kappa shape index (κ2) is 7.91. The summed E-state index contributed by atoms with van der Waals surface area (Å²) in [5.41, 5.74) is 0.959. The van der Waals surface area contributed by atoms with Crippen LogP contribution in [0.1, 0.15) is 63.6 Å². The van der Waals surface area contributed by atoms with E-state index in [0.29, 0.717) is 11.8 Å². The molecular formula is C20H32N6. The van der Waals surface area contributed by atoms with Crippen LogP contribution in [-0.2, 0) is 7.05 Å². The Morgan fingerprint density at radius 2 is 2.00 bits per heavy atom. The number of rotatable bonds is 6. The van der Waals surface area contributed by atoms with Crippen LogP contribution in [0.25, 0.3) is 11.0 Å². The first-order chi connectivity index (χ1) is 12.7. The molecule has 2 aromatic heterocycles. The van der Waals surface area contributed by atoms with Crippen molar-refractivity contribution in [3.8, 4) is 0 Å². The molecule has 0 aromatic carbocycles. The quantitative estimate of drug-likeness (QED) is 0.858. The summed E-state index contributed by atoms with van der Waals surface area (Å²) < 4.78 is 1.88. The molecule has 1 saturated carbocycles. The predicted molar refractivity (Wildman–Crippen MR) is 105 cm³/mol. The van der Waals surface area contributed by atoms with Crippen LogP contribution in [0.3, 0.4) is 0 Å². The van der Waals surface area contributed by atoms with Gasteiger partial charge in [0.1, 0.15) is 11.6 Å². The molecule has 142 valence electrons. The van der Waals surface area contributed by atoms with Crippen molar-refractivity contribution in [3.63, 3.8) is 0 Å². The van der Waals surface area contributed by atoms with E-state index in [9.17, 15) is 0 Å². The van der Waals surface area contributed by atoms with Crippen LogP contribution in [0.5, 0.6) is 0 Å². The van der Waals surface area contributed by atoms with Gasteiger partial charge in [0.05, 0.1) is 11.6 Å². The van der Waals surface area contributed by atoms with Gasteiger partial charge in [-0.05, 0) is 51.1 Å². The van der Waals surface area contributed by atoms with Crippen LogP contribution < -0.4 is 5.32 Å². The number of nitrogens with zero attached hydrogens (tertiary/aromatic N) is 5. The van der Waals surface area contributed by atoms with Gasteiger partial charge >= 0.3 is 0 Å². The number of hydrogen-bond acceptors (Lipinski definition) is 5. The summed E-state index contributed by atoms with van der Waals surface area (Å²) in [7, 11) is 1.97. The molecule has 4 rings (SSSR count). The third-order valence-electron chi connectivity index (χ3n) is 6.03. The van der Waals surface area contributed by atoms with E-state index in [-0.39, 0.29) is 0 Å². The van der Waals surface area contributed by atoms with Gasteiger partial charge in [-0.25, -0.2) is 9.97 Å². The predicted octanol–water partition coefficient (Wildman–Crippen LogP) is 3.55. The zero-order chi connectivity index (χ0) is 17.9. The van der Waals surface area contributed by atoms with Crippen LogP contribution in [0.4, 0.5) is 5.82 Å². The maximum atomic E-state index is 4.95. The van der Waals surface area contributed by atoms with Crippen molar-refractivity contribution in [2.24, 2.45) is 13.0 Å². The summed E-state index contributed by atoms with van der Waals surface area (Å²) in [5, 5.41) is 9.14. The maximum absolute atomic E-state index is 4.95. The minimum absolute atomic E-state index is 0.518. The van der Waals surface area contributed by atoms with Gasteiger partial charge in [0.2, 0.25) is 0 Å². The smallest absolute Gasteiger partial charge is 0.163 e. The molecule has 0 radical (unpaired) electrons. The summed E-state index contributed by atoms with van der Waals surface area (Å²) in [5.74, 6) is 3.21. The lowest BCUT2D eigenvalue weighted by Crippen LogP contribution is -2.38. The topological polar surface area (TPSA) is 58.9 Å². The Hall–Kier alpha value is -1.69. The molecule has 1 aliphatic heterocycles. The first-order valence-corrected chi connectivity index (χ1v) is 10.4. The Bertz CT molecular complexity index is 731. The summed E-state index contributed by atoms with van der Waals surface area (Å²) in [6.07, 6.45) is 10.8. The SMILES string of the molecule is CCCN1CCCC(CNc2nc(C3CCCC3)nc3c2cnn3C)C1. The standard InChI is InChI=1S/C20H32N6/c1-3-10-26-11-6-7-15(14-26)12-21-19-17-13-22-25(2)20(17)24-18(23-19)16-8-4-5-9-16/h13,15-16H,3-12,14H2,1-2H3,(H,21,23,24). The van der Waals surface area contributed by atoms with Crippen molar-refractivity contribution >= 4 is 16.9 Å². The van der Waals surface area contributed by atoms with E-state index in [0.717, 1.165) is 29.2 Å². The van der Waals surface area contributed by atoms with E-state index in [4.69, 9.17) is 9.97 Å². The average Bonchev–Trinajstić information content (AvgIpc) is 3.31. The molecule has 6 heteroatoms. The molecule has 0 amide bonds. The fourth-order valence-corrected chi connectivity index (χ4v) is 4.62. The third kappa shape index (κ3) is 3.70. The molecule has 2 aliphatic rings. The van der Waals surface area contributed by atoms with E-state index < -0.39 is 0 Å². The van der Waals surface area contributed by atoms with Gasteiger partial charge in [0.15, 0.2) is 5.65 Å². The lowest BCUT2D eigenvalue weighted by Gasteiger charge is -2.32. The van der Waals surface area contributed by atoms with E-state index in [1.54, 1.807) is 0 Å². The van der Waals surface area contributed by atoms with Gasteiger partial charge in [-0.15, -0.1) is 0 Å². The molecule has 1 unspecified atom stereocenters. The Labute approximate surface area is 156 Å². The average molecular weight is 357 g/mol. The van der Waals surface area contributed by atoms with Crippen LogP contribution in [0.2, 0.25) is 0 Å². The maximum Gasteiger partial charge on any atom is 0.163 e. The Morgan fingerprint density at radius 3 is 2.81 bits per heavy atom. The normalized spacial score (nSPS) is 22.3. The molecule has 1 saturated heterocycles. The van der Waals surface area contributed by atoms with Gasteiger partial charge < -0.3 is 10.2 Å². The first kappa shape index (κ1) is 17.7. The highest BCUT2D eigenvalue weighted by Crippen LogP contribution is 2.34. The number of anilines is 1. The molecule has 1 aliphatic carbocycles. The van der Waals surface area contributed by atoms with Crippen LogP contribution in [-0.4, -0.2) is 50.8 Å². The summed E-state index contributed by atoms with van der Waals surface area (Å²) >= 11 is 0. The van der Waals surface area contributed by atoms with Crippen molar-refractivity contribution in [2.75, 3.05) is 31.5 Å². The molecule has 2 aromatic rings. The van der Waals surface area contributed by atoms with Gasteiger partial charge in [0.25, 0.3) is 0 Å². The van der Waals surface area contributed by atoms with Crippen molar-refractivity contribution in [2.45, 2.75) is 57.8 Å². The number of nitrogens with one attached hydrogen (secondary N) is 1. The van der Waals surface area contributed by atoms with Crippen molar-refractivity contribution in [1.29, 1.82) is 0 Å². The van der Waals surface area contributed by atoms with Crippen molar-refractivity contribution < 1.29 is 0 Å². The fraction of sp³-hybridized carbons (Fsp3) is 0.750. The second-order valence-corrected chi connectivity index (χ2v) is 8.11. The summed E-state index contributed by atoms with van der Waals surface area (Å²) in [6, 6.07) is 0. The minimum Gasteiger partial charge on any atom is -0.369 e. The highest BCUT2D eigenvalue weighted by atomic mass is 15.3. The first-order valence-electron chi connectivity index (χ1n) is 10.4. The Morgan fingerprint density at radius 1 is 1.15 bits per heavy atom. The molecule has 1 atom stereocenters. The Balaban J connectivity index is 1.51. The Kier molecular flexibility index (Phi) is 5.38. The van der Waals surface area contributed by atoms with Gasteiger partial charge in [-0.1, -0.05) is 19.8 Å². The molecular weight excluding hydrogens is 324 g/mol. The lowest BCUT2D eigenvalue weighted by molar-refractivity contribution is 0.181. The summed E-state index contributed by atoms with van der Waals surface area (Å²) in [6.45, 7) is 6.95. The molecule has 2 fully saturated rings. The number of fused-ring (bicyclic) bond motifs is 1. The molecule has 0 spiro atoms. The number of aromatic nitrogens is 4. The molecule has 6 nitrogen and oxygen atoms in total. The van der Waals surface area contributed by atoms with Gasteiger partial charge in [0, 0.05) is 26.1 Å². The highest BCUT2D eigenvalue weighted by Gasteiger charge is 2.23. The number of hydrogen-bond donors (Lipinski definition) is 1. The largest absolute Gasteiger partial charge is 0.369 e. The molecule has 0 bridgehead atoms. The molecule has 26 heavy (non-hydrogen) atoms. The number of aryl methyl sites for hydroxylation is 1. The molecule has 3 heterocycles. The monoisotopic (exact) mass is 356 g/mol. The van der Waals surface area contributed by atoms with E-state index in [2.05, 4.69) is 22.2 Å². The number of likely N-dealkylation sites (tertiary alicyclic amines) is 1. The van der Waals surface area contributed by atoms with E-state index in [1.807, 2.05) is 17.9 Å². The van der Waals surface area contributed by atoms with Crippen LogP contribution >= 0.6 is 0 Å². The minimum atomic E-state index is 0.518. The second-order valence-electron chi connectivity index (χ2n) is 8.11. The molecule has 1 N–H and O–H groups in total. The van der Waals surface area contributed by atoms with E-state index >= 15 is 0 Å². The van der Waals surface area contributed by atoms with Crippen molar-refractivity contribution in [3.05, 3.63) is 12.0 Å². The highest BCUT2D eigenvalue weighted by molar-refractivity contribution is 5.86. The lowest BCUT2D eigenvalue weighted by atomic mass is 9.98. The van der Waals surface area contributed by atoms with Crippen molar-refractivity contribution in [1.82, 2.24) is 24.6 Å². The summed E-state index contributed by atoms with van der Waals surface area (Å²) in [4.78, 5) is 12.4. The zero-order valence-corrected chi connectivity index (χ0v) is 16.2. The van der Waals surface area contributed by atoms with E-state index in [1.165, 1.54) is 64.6 Å². The van der Waals surface area contributed by atoms with Crippen LogP contribution in [0.15, 0.2) is 6.20 Å². The third-order valence-corrected chi connectivity index (χ3v) is 6.03. The number of piperidine rings is 1. The fourth-order valence-electron chi connectivity index (χ4n) is 4.62. The van der Waals surface area contributed by atoms with Gasteiger partial charge in [-0.2, -0.15) is 5.10 Å². The van der Waals surface area contributed by atoms with Crippen LogP contribution in [0, 0.1) is 5.92 Å². The zero-order valence-electron chi connectivity index (χ0n) is 16.2.